The van der Waals surface area contributed by atoms with Gasteiger partial charge in [-0.3, -0.25) is 4.98 Å². The summed E-state index contributed by atoms with van der Waals surface area (Å²) >= 11 is 0. The fraction of sp³-hybridized carbons (Fsp3) is 0.356. The van der Waals surface area contributed by atoms with Crippen LogP contribution in [0.15, 0.2) is 115 Å². The van der Waals surface area contributed by atoms with Gasteiger partial charge in [0.15, 0.2) is 0 Å². The van der Waals surface area contributed by atoms with Crippen LogP contribution in [0.2, 0.25) is 0 Å². The summed E-state index contributed by atoms with van der Waals surface area (Å²) in [5.74, 6) is 3.09. The molecular weight excluding hydrogens is 587 g/mol. The predicted molar refractivity (Wildman–Crippen MR) is 204 cm³/mol. The number of nitrogens with zero attached hydrogens (tertiary/aromatic N) is 1. The Balaban J connectivity index is 1.40. The van der Waals surface area contributed by atoms with Crippen molar-refractivity contribution in [2.45, 2.75) is 79.1 Å². The standard InChI is InChI=1S/C45H53NO2/c1-5-9-13-34(7-3)32-47-43-24-20-37(21-25-43)41-29-40(36-16-18-39(19-17-36)45-15-11-12-28-46-45)30-42(31-41)38-22-26-44(27-23-38)48-33-35(8-4)14-10-6-2/h11-12,15-31,34-35H,5-10,13-14,32-33H2,1-4H3. The van der Waals surface area contributed by atoms with Gasteiger partial charge in [0.25, 0.3) is 0 Å². The minimum absolute atomic E-state index is 0.610. The molecule has 3 heteroatoms. The Kier molecular flexibility index (Phi) is 13.3. The lowest BCUT2D eigenvalue weighted by atomic mass is 9.93. The zero-order chi connectivity index (χ0) is 33.6. The first kappa shape index (κ1) is 35.0. The van der Waals surface area contributed by atoms with E-state index in [0.717, 1.165) is 48.8 Å². The first-order valence-corrected chi connectivity index (χ1v) is 18.2. The van der Waals surface area contributed by atoms with Gasteiger partial charge in [-0.2, -0.15) is 0 Å². The molecule has 3 nitrogen and oxygen atoms in total. The summed E-state index contributed by atoms with van der Waals surface area (Å²) in [7, 11) is 0. The normalized spacial score (nSPS) is 12.4. The van der Waals surface area contributed by atoms with E-state index in [4.69, 9.17) is 9.47 Å². The van der Waals surface area contributed by atoms with E-state index in [2.05, 4.69) is 130 Å². The maximum Gasteiger partial charge on any atom is 0.119 e. The minimum Gasteiger partial charge on any atom is -0.493 e. The molecule has 0 N–H and O–H groups in total. The highest BCUT2D eigenvalue weighted by molar-refractivity contribution is 5.82. The second-order valence-electron chi connectivity index (χ2n) is 13.1. The second kappa shape index (κ2) is 18.2. The molecular formula is C45H53NO2. The summed E-state index contributed by atoms with van der Waals surface area (Å²) in [4.78, 5) is 4.53. The third-order valence-corrected chi connectivity index (χ3v) is 9.55. The van der Waals surface area contributed by atoms with Gasteiger partial charge in [0.2, 0.25) is 0 Å². The molecule has 0 radical (unpaired) electrons. The molecule has 0 fully saturated rings. The van der Waals surface area contributed by atoms with Crippen LogP contribution in [0.4, 0.5) is 0 Å². The average molecular weight is 640 g/mol. The van der Waals surface area contributed by atoms with Gasteiger partial charge in [0.1, 0.15) is 11.5 Å². The van der Waals surface area contributed by atoms with Crippen LogP contribution in [-0.4, -0.2) is 18.2 Å². The number of hydrogen-bond donors (Lipinski definition) is 0. The van der Waals surface area contributed by atoms with Gasteiger partial charge in [-0.1, -0.05) is 121 Å². The SMILES string of the molecule is CCCCC(CC)COc1ccc(-c2cc(-c3ccc(OCC(CC)CCCC)cc3)cc(-c3ccc(-c4ccccn4)cc3)c2)cc1. The molecule has 4 aromatic carbocycles. The Bertz CT molecular complexity index is 1560. The number of aromatic nitrogens is 1. The third kappa shape index (κ3) is 9.83. The van der Waals surface area contributed by atoms with E-state index in [1.54, 1.807) is 0 Å². The highest BCUT2D eigenvalue weighted by atomic mass is 16.5. The molecule has 0 aliphatic rings. The summed E-state index contributed by atoms with van der Waals surface area (Å²) < 4.78 is 12.5. The van der Waals surface area contributed by atoms with Crippen LogP contribution >= 0.6 is 0 Å². The Hall–Kier alpha value is -4.37. The van der Waals surface area contributed by atoms with Gasteiger partial charge < -0.3 is 9.47 Å². The fourth-order valence-corrected chi connectivity index (χ4v) is 6.21. The molecule has 0 saturated heterocycles. The molecule has 1 heterocycles. The maximum absolute atomic E-state index is 6.24. The van der Waals surface area contributed by atoms with Crippen LogP contribution in [0.3, 0.4) is 0 Å². The molecule has 0 spiro atoms. The monoisotopic (exact) mass is 639 g/mol. The van der Waals surface area contributed by atoms with Crippen LogP contribution in [0.25, 0.3) is 44.6 Å². The van der Waals surface area contributed by atoms with E-state index >= 15 is 0 Å². The summed E-state index contributed by atoms with van der Waals surface area (Å²) in [5, 5.41) is 0. The minimum atomic E-state index is 0.610. The number of ether oxygens (including phenoxy) is 2. The Morgan fingerprint density at radius 2 is 0.896 bits per heavy atom. The van der Waals surface area contributed by atoms with Gasteiger partial charge in [-0.15, -0.1) is 0 Å². The van der Waals surface area contributed by atoms with Gasteiger partial charge in [0.05, 0.1) is 18.9 Å². The van der Waals surface area contributed by atoms with Crippen molar-refractivity contribution in [3.8, 4) is 56.1 Å². The molecule has 0 amide bonds. The predicted octanol–water partition coefficient (Wildman–Crippen LogP) is 12.9. The lowest BCUT2D eigenvalue weighted by Gasteiger charge is -2.16. The summed E-state index contributed by atoms with van der Waals surface area (Å²) in [6.07, 6.45) is 11.6. The smallest absolute Gasteiger partial charge is 0.119 e. The van der Waals surface area contributed by atoms with Crippen molar-refractivity contribution in [1.82, 2.24) is 4.98 Å². The van der Waals surface area contributed by atoms with Crippen molar-refractivity contribution in [2.75, 3.05) is 13.2 Å². The van der Waals surface area contributed by atoms with Gasteiger partial charge in [-0.05, 0) is 113 Å². The first-order chi connectivity index (χ1) is 23.6. The number of unbranched alkanes of at least 4 members (excludes halogenated alkanes) is 2. The van der Waals surface area contributed by atoms with Crippen molar-refractivity contribution in [1.29, 1.82) is 0 Å². The van der Waals surface area contributed by atoms with Crippen molar-refractivity contribution in [2.24, 2.45) is 11.8 Å². The Morgan fingerprint density at radius 3 is 1.27 bits per heavy atom. The number of hydrogen-bond acceptors (Lipinski definition) is 3. The van der Waals surface area contributed by atoms with Crippen molar-refractivity contribution in [3.05, 3.63) is 115 Å². The lowest BCUT2D eigenvalue weighted by Crippen LogP contribution is -2.11. The molecule has 5 rings (SSSR count). The number of rotatable bonds is 18. The molecule has 0 saturated carbocycles. The van der Waals surface area contributed by atoms with Gasteiger partial charge >= 0.3 is 0 Å². The fourth-order valence-electron chi connectivity index (χ4n) is 6.21. The topological polar surface area (TPSA) is 31.4 Å². The average Bonchev–Trinajstić information content (AvgIpc) is 3.15. The molecule has 5 aromatic rings. The summed E-state index contributed by atoms with van der Waals surface area (Å²) in [6.45, 7) is 10.6. The van der Waals surface area contributed by atoms with Gasteiger partial charge in [0, 0.05) is 11.8 Å². The molecule has 0 aliphatic carbocycles. The van der Waals surface area contributed by atoms with Crippen LogP contribution in [0.5, 0.6) is 11.5 Å². The molecule has 2 atom stereocenters. The first-order valence-electron chi connectivity index (χ1n) is 18.2. The highest BCUT2D eigenvalue weighted by Crippen LogP contribution is 2.35. The summed E-state index contributed by atoms with van der Waals surface area (Å²) in [6, 6.07) is 38.9. The van der Waals surface area contributed by atoms with E-state index in [9.17, 15) is 0 Å². The number of benzene rings is 4. The quantitative estimate of drug-likeness (QED) is 0.0956. The zero-order valence-electron chi connectivity index (χ0n) is 29.5. The molecule has 1 aromatic heterocycles. The zero-order valence-corrected chi connectivity index (χ0v) is 29.5. The van der Waals surface area contributed by atoms with E-state index < -0.39 is 0 Å². The second-order valence-corrected chi connectivity index (χ2v) is 13.1. The molecule has 2 unspecified atom stereocenters. The molecule has 48 heavy (non-hydrogen) atoms. The highest BCUT2D eigenvalue weighted by Gasteiger charge is 2.12. The van der Waals surface area contributed by atoms with E-state index in [-0.39, 0.29) is 0 Å². The van der Waals surface area contributed by atoms with Crippen LogP contribution in [0, 0.1) is 11.8 Å². The van der Waals surface area contributed by atoms with Crippen LogP contribution in [-0.2, 0) is 0 Å². The molecule has 0 aliphatic heterocycles. The van der Waals surface area contributed by atoms with Gasteiger partial charge in [-0.25, -0.2) is 0 Å². The Morgan fingerprint density at radius 1 is 0.479 bits per heavy atom. The largest absolute Gasteiger partial charge is 0.493 e. The maximum atomic E-state index is 6.24. The molecule has 250 valence electrons. The number of pyridine rings is 1. The molecule has 0 bridgehead atoms. The lowest BCUT2D eigenvalue weighted by molar-refractivity contribution is 0.233. The van der Waals surface area contributed by atoms with E-state index in [1.807, 2.05) is 18.3 Å². The van der Waals surface area contributed by atoms with Crippen LogP contribution < -0.4 is 9.47 Å². The van der Waals surface area contributed by atoms with E-state index in [0.29, 0.717) is 11.8 Å². The Labute approximate surface area is 289 Å². The third-order valence-electron chi connectivity index (χ3n) is 9.55. The van der Waals surface area contributed by atoms with Crippen LogP contribution in [0.1, 0.15) is 79.1 Å². The van der Waals surface area contributed by atoms with Crippen molar-refractivity contribution >= 4 is 0 Å². The summed E-state index contributed by atoms with van der Waals surface area (Å²) in [5.41, 5.74) is 9.15. The van der Waals surface area contributed by atoms with E-state index in [1.165, 1.54) is 71.9 Å². The van der Waals surface area contributed by atoms with Crippen molar-refractivity contribution in [3.63, 3.8) is 0 Å². The van der Waals surface area contributed by atoms with Crippen molar-refractivity contribution < 1.29 is 9.47 Å².